The van der Waals surface area contributed by atoms with Gasteiger partial charge in [0.1, 0.15) is 0 Å². The van der Waals surface area contributed by atoms with E-state index < -0.39 is 10.0 Å². The molecule has 0 atom stereocenters. The Morgan fingerprint density at radius 1 is 1.59 bits per heavy atom. The van der Waals surface area contributed by atoms with Gasteiger partial charge in [-0.1, -0.05) is 0 Å². The summed E-state index contributed by atoms with van der Waals surface area (Å²) in [5, 5.41) is 9.24. The summed E-state index contributed by atoms with van der Waals surface area (Å²) in [5.41, 5.74) is 0. The first-order valence-electron chi connectivity index (χ1n) is 5.52. The van der Waals surface area contributed by atoms with Crippen LogP contribution in [0.4, 0.5) is 0 Å². The van der Waals surface area contributed by atoms with E-state index >= 15 is 0 Å². The number of aromatic nitrogens is 2. The number of aryl methyl sites for hydroxylation is 1. The van der Waals surface area contributed by atoms with Gasteiger partial charge in [0.15, 0.2) is 5.03 Å². The van der Waals surface area contributed by atoms with Gasteiger partial charge in [0.05, 0.1) is 12.4 Å². The summed E-state index contributed by atoms with van der Waals surface area (Å²) in [5.74, 6) is 0.258. The van der Waals surface area contributed by atoms with Crippen LogP contribution in [0.5, 0.6) is 0 Å². The predicted molar refractivity (Wildman–Crippen MR) is 61.8 cm³/mol. The van der Waals surface area contributed by atoms with Gasteiger partial charge in [0.25, 0.3) is 10.0 Å². The summed E-state index contributed by atoms with van der Waals surface area (Å²) in [6.07, 6.45) is 4.06. The molecule has 1 N–H and O–H groups in total. The average Bonchev–Trinajstić information content (AvgIpc) is 2.63. The van der Waals surface area contributed by atoms with Crippen LogP contribution in [-0.2, 0) is 17.1 Å². The second-order valence-corrected chi connectivity index (χ2v) is 6.65. The molecule has 6 nitrogen and oxygen atoms in total. The van der Waals surface area contributed by atoms with Crippen LogP contribution in [-0.4, -0.2) is 47.1 Å². The molecule has 1 heterocycles. The van der Waals surface area contributed by atoms with E-state index in [1.165, 1.54) is 16.8 Å². The van der Waals surface area contributed by atoms with Crippen molar-refractivity contribution in [3.8, 4) is 0 Å². The van der Waals surface area contributed by atoms with Gasteiger partial charge < -0.3 is 9.67 Å². The smallest absolute Gasteiger partial charge is 0.261 e. The van der Waals surface area contributed by atoms with Crippen molar-refractivity contribution in [3.05, 3.63) is 12.5 Å². The number of hydrogen-bond donors (Lipinski definition) is 1. The molecule has 0 amide bonds. The maximum atomic E-state index is 12.1. The van der Waals surface area contributed by atoms with Crippen LogP contribution in [0.2, 0.25) is 0 Å². The quantitative estimate of drug-likeness (QED) is 0.813. The zero-order chi connectivity index (χ0) is 12.6. The number of sulfonamides is 1. The second-order valence-electron chi connectivity index (χ2n) is 4.65. The predicted octanol–water partition coefficient (Wildman–Crippen LogP) is -0.189. The minimum Gasteiger partial charge on any atom is -0.393 e. The molecule has 96 valence electrons. The van der Waals surface area contributed by atoms with Gasteiger partial charge >= 0.3 is 0 Å². The lowest BCUT2D eigenvalue weighted by molar-refractivity contribution is 0.0367. The molecule has 0 radical (unpaired) electrons. The Morgan fingerprint density at radius 2 is 2.24 bits per heavy atom. The summed E-state index contributed by atoms with van der Waals surface area (Å²) >= 11 is 0. The number of hydrogen-bond acceptors (Lipinski definition) is 4. The highest BCUT2D eigenvalue weighted by molar-refractivity contribution is 7.89. The molecule has 0 aliphatic heterocycles. The third-order valence-electron chi connectivity index (χ3n) is 3.08. The van der Waals surface area contributed by atoms with Gasteiger partial charge in [0.2, 0.25) is 0 Å². The number of imidazole rings is 1. The molecule has 0 aromatic carbocycles. The minimum atomic E-state index is -3.49. The third-order valence-corrected chi connectivity index (χ3v) is 4.79. The Kier molecular flexibility index (Phi) is 3.24. The lowest BCUT2D eigenvalue weighted by atomic mass is 9.82. The molecule has 1 aromatic rings. The lowest BCUT2D eigenvalue weighted by Crippen LogP contribution is -2.39. The molecule has 0 bridgehead atoms. The van der Waals surface area contributed by atoms with Crippen molar-refractivity contribution in [2.45, 2.75) is 24.0 Å². The highest BCUT2D eigenvalue weighted by Crippen LogP contribution is 2.28. The van der Waals surface area contributed by atoms with E-state index in [0.717, 1.165) is 0 Å². The Hall–Kier alpha value is -0.920. The Labute approximate surface area is 101 Å². The molecular weight excluding hydrogens is 242 g/mol. The van der Waals surface area contributed by atoms with E-state index in [2.05, 4.69) is 4.98 Å². The van der Waals surface area contributed by atoms with Crippen molar-refractivity contribution in [2.24, 2.45) is 13.0 Å². The van der Waals surface area contributed by atoms with Crippen LogP contribution in [0.1, 0.15) is 12.8 Å². The monoisotopic (exact) mass is 259 g/mol. The van der Waals surface area contributed by atoms with Crippen molar-refractivity contribution in [2.75, 3.05) is 13.6 Å². The van der Waals surface area contributed by atoms with E-state index in [4.69, 9.17) is 0 Å². The van der Waals surface area contributed by atoms with Crippen molar-refractivity contribution in [1.82, 2.24) is 13.9 Å². The zero-order valence-corrected chi connectivity index (χ0v) is 10.8. The molecule has 0 spiro atoms. The SMILES string of the molecule is CN(CC1CC(O)C1)S(=O)(=O)c1cn(C)cn1. The molecule has 7 heteroatoms. The molecule has 17 heavy (non-hydrogen) atoms. The molecule has 0 saturated heterocycles. The number of aliphatic hydroxyl groups is 1. The maximum absolute atomic E-state index is 12.1. The van der Waals surface area contributed by atoms with Crippen LogP contribution in [0, 0.1) is 5.92 Å². The minimum absolute atomic E-state index is 0.0716. The fourth-order valence-electron chi connectivity index (χ4n) is 1.99. The first-order chi connectivity index (χ1) is 7.89. The van der Waals surface area contributed by atoms with Crippen molar-refractivity contribution in [3.63, 3.8) is 0 Å². The summed E-state index contributed by atoms with van der Waals surface area (Å²) in [4.78, 5) is 3.86. The summed E-state index contributed by atoms with van der Waals surface area (Å²) in [6, 6.07) is 0. The highest BCUT2D eigenvalue weighted by atomic mass is 32.2. The largest absolute Gasteiger partial charge is 0.393 e. The topological polar surface area (TPSA) is 75.4 Å². The van der Waals surface area contributed by atoms with E-state index in [1.54, 1.807) is 18.7 Å². The summed E-state index contributed by atoms with van der Waals surface area (Å²) in [7, 11) is -0.206. The van der Waals surface area contributed by atoms with E-state index in [1.807, 2.05) is 0 Å². The van der Waals surface area contributed by atoms with E-state index in [-0.39, 0.29) is 17.0 Å². The van der Waals surface area contributed by atoms with Gasteiger partial charge in [-0.25, -0.2) is 13.4 Å². The van der Waals surface area contributed by atoms with E-state index in [0.29, 0.717) is 19.4 Å². The Balaban J connectivity index is 2.05. The zero-order valence-electron chi connectivity index (χ0n) is 9.94. The molecular formula is C10H17N3O3S. The van der Waals surface area contributed by atoms with Crippen molar-refractivity contribution >= 4 is 10.0 Å². The molecule has 2 rings (SSSR count). The van der Waals surface area contributed by atoms with Gasteiger partial charge in [-0.15, -0.1) is 0 Å². The normalized spacial score (nSPS) is 24.9. The standard InChI is InChI=1S/C10H17N3O3S/c1-12-6-10(11-7-12)17(15,16)13(2)5-8-3-9(14)4-8/h6-9,14H,3-5H2,1-2H3. The summed E-state index contributed by atoms with van der Waals surface area (Å²) < 4.78 is 27.1. The van der Waals surface area contributed by atoms with Crippen LogP contribution >= 0.6 is 0 Å². The van der Waals surface area contributed by atoms with Crippen LogP contribution in [0.3, 0.4) is 0 Å². The Morgan fingerprint density at radius 3 is 2.71 bits per heavy atom. The van der Waals surface area contributed by atoms with Crippen LogP contribution in [0.25, 0.3) is 0 Å². The van der Waals surface area contributed by atoms with Crippen molar-refractivity contribution < 1.29 is 13.5 Å². The molecule has 1 saturated carbocycles. The summed E-state index contributed by atoms with van der Waals surface area (Å²) in [6.45, 7) is 0.440. The first kappa shape index (κ1) is 12.5. The number of aliphatic hydroxyl groups excluding tert-OH is 1. The lowest BCUT2D eigenvalue weighted by Gasteiger charge is -2.33. The third kappa shape index (κ3) is 2.51. The van der Waals surface area contributed by atoms with E-state index in [9.17, 15) is 13.5 Å². The van der Waals surface area contributed by atoms with Gasteiger partial charge in [-0.3, -0.25) is 0 Å². The molecule has 1 aromatic heterocycles. The molecule has 1 aliphatic carbocycles. The fraction of sp³-hybridized carbons (Fsp3) is 0.700. The highest BCUT2D eigenvalue weighted by Gasteiger charge is 2.32. The van der Waals surface area contributed by atoms with Crippen LogP contribution < -0.4 is 0 Å². The van der Waals surface area contributed by atoms with Gasteiger partial charge in [-0.05, 0) is 18.8 Å². The number of nitrogens with zero attached hydrogens (tertiary/aromatic N) is 3. The maximum Gasteiger partial charge on any atom is 0.261 e. The second kappa shape index (κ2) is 4.40. The average molecular weight is 259 g/mol. The van der Waals surface area contributed by atoms with Gasteiger partial charge in [-0.2, -0.15) is 4.31 Å². The van der Waals surface area contributed by atoms with Crippen molar-refractivity contribution in [1.29, 1.82) is 0 Å². The Bertz CT molecular complexity index is 491. The first-order valence-corrected chi connectivity index (χ1v) is 6.96. The fourth-order valence-corrected chi connectivity index (χ4v) is 3.20. The molecule has 0 unspecified atom stereocenters. The molecule has 1 aliphatic rings. The molecule has 1 fully saturated rings. The van der Waals surface area contributed by atoms with Gasteiger partial charge in [0, 0.05) is 26.8 Å². The number of rotatable bonds is 4. The van der Waals surface area contributed by atoms with Crippen LogP contribution in [0.15, 0.2) is 17.6 Å².